The van der Waals surface area contributed by atoms with Crippen LogP contribution in [0.15, 0.2) is 34.8 Å². The first-order valence-electron chi connectivity index (χ1n) is 8.60. The highest BCUT2D eigenvalue weighted by atomic mass is 79.9. The van der Waals surface area contributed by atoms with Crippen LogP contribution in [0.25, 0.3) is 0 Å². The zero-order valence-electron chi connectivity index (χ0n) is 13.4. The fraction of sp³-hybridized carbons (Fsp3) is 0.474. The molecule has 1 aromatic carbocycles. The minimum atomic E-state index is -0.107. The van der Waals surface area contributed by atoms with E-state index in [0.29, 0.717) is 23.7 Å². The number of carbonyl (C=O) groups excluding carboxylic acids is 2. The number of likely N-dealkylation sites (tertiary alicyclic amines) is 1. The predicted octanol–water partition coefficient (Wildman–Crippen LogP) is 3.18. The number of benzene rings is 1. The van der Waals surface area contributed by atoms with Gasteiger partial charge in [0.15, 0.2) is 0 Å². The molecule has 2 amide bonds. The number of nitrogens with one attached hydrogen (secondary N) is 1. The number of hydrogen-bond donors (Lipinski definition) is 1. The van der Waals surface area contributed by atoms with Gasteiger partial charge in [-0.3, -0.25) is 14.5 Å². The molecule has 1 aliphatic heterocycles. The Kier molecular flexibility index (Phi) is 3.03. The third-order valence-corrected chi connectivity index (χ3v) is 6.86. The van der Waals surface area contributed by atoms with Crippen molar-refractivity contribution in [3.63, 3.8) is 0 Å². The lowest BCUT2D eigenvalue weighted by Crippen LogP contribution is -2.40. The van der Waals surface area contributed by atoms with Crippen molar-refractivity contribution < 1.29 is 9.59 Å². The maximum absolute atomic E-state index is 12.9. The van der Waals surface area contributed by atoms with Gasteiger partial charge in [-0.05, 0) is 60.8 Å². The highest BCUT2D eigenvalue weighted by Crippen LogP contribution is 2.65. The summed E-state index contributed by atoms with van der Waals surface area (Å²) in [4.78, 5) is 27.2. The van der Waals surface area contributed by atoms with Gasteiger partial charge in [-0.1, -0.05) is 28.1 Å². The highest BCUT2D eigenvalue weighted by Gasteiger charge is 2.66. The van der Waals surface area contributed by atoms with Gasteiger partial charge in [-0.25, -0.2) is 0 Å². The van der Waals surface area contributed by atoms with Gasteiger partial charge in [0.2, 0.25) is 11.8 Å². The van der Waals surface area contributed by atoms with Gasteiger partial charge in [-0.15, -0.1) is 0 Å². The van der Waals surface area contributed by atoms with Gasteiger partial charge < -0.3 is 5.32 Å². The Morgan fingerprint density at radius 2 is 1.75 bits per heavy atom. The molecular weight excluding hydrogens is 368 g/mol. The number of rotatable bonds is 3. The molecule has 124 valence electrons. The highest BCUT2D eigenvalue weighted by molar-refractivity contribution is 9.10. The van der Waals surface area contributed by atoms with Crippen molar-refractivity contribution in [1.82, 2.24) is 4.90 Å². The van der Waals surface area contributed by atoms with Gasteiger partial charge in [0.25, 0.3) is 0 Å². The second-order valence-electron chi connectivity index (χ2n) is 7.55. The zero-order valence-corrected chi connectivity index (χ0v) is 15.0. The second-order valence-corrected chi connectivity index (χ2v) is 8.47. The van der Waals surface area contributed by atoms with Gasteiger partial charge >= 0.3 is 0 Å². The van der Waals surface area contributed by atoms with Crippen molar-refractivity contribution in [2.24, 2.45) is 35.5 Å². The number of imide groups is 1. The largest absolute Gasteiger partial charge is 0.367 e. The summed E-state index contributed by atoms with van der Waals surface area (Å²) in [5.41, 5.74) is 2.04. The van der Waals surface area contributed by atoms with Crippen LogP contribution in [0.1, 0.15) is 12.0 Å². The summed E-state index contributed by atoms with van der Waals surface area (Å²) >= 11 is 3.45. The van der Waals surface area contributed by atoms with Crippen molar-refractivity contribution in [2.45, 2.75) is 13.3 Å². The third kappa shape index (κ3) is 1.91. The van der Waals surface area contributed by atoms with Crippen molar-refractivity contribution in [2.75, 3.05) is 12.0 Å². The van der Waals surface area contributed by atoms with Crippen LogP contribution in [0.2, 0.25) is 0 Å². The minimum Gasteiger partial charge on any atom is -0.367 e. The minimum absolute atomic E-state index is 0.0250. The molecule has 6 atom stereocenters. The van der Waals surface area contributed by atoms with E-state index in [1.54, 1.807) is 0 Å². The summed E-state index contributed by atoms with van der Waals surface area (Å²) in [5.74, 6) is 1.73. The molecule has 6 rings (SSSR count). The topological polar surface area (TPSA) is 49.4 Å². The smallest absolute Gasteiger partial charge is 0.235 e. The molecular formula is C19H19BrN2O2. The number of hydrogen-bond acceptors (Lipinski definition) is 3. The van der Waals surface area contributed by atoms with Crippen molar-refractivity contribution in [3.8, 4) is 0 Å². The zero-order chi connectivity index (χ0) is 16.6. The summed E-state index contributed by atoms with van der Waals surface area (Å²) in [7, 11) is 0. The van der Waals surface area contributed by atoms with Crippen molar-refractivity contribution >= 4 is 33.4 Å². The first kappa shape index (κ1) is 14.7. The monoisotopic (exact) mass is 386 g/mol. The summed E-state index contributed by atoms with van der Waals surface area (Å²) in [6.07, 6.45) is 5.62. The normalized spacial score (nSPS) is 38.3. The van der Waals surface area contributed by atoms with Crippen LogP contribution in [-0.4, -0.2) is 23.4 Å². The molecule has 1 saturated heterocycles. The van der Waals surface area contributed by atoms with E-state index in [1.165, 1.54) is 11.3 Å². The summed E-state index contributed by atoms with van der Waals surface area (Å²) in [5, 5.41) is 3.27. The number of amides is 2. The maximum atomic E-state index is 12.9. The number of anilines is 1. The molecule has 4 aliphatic carbocycles. The molecule has 0 radical (unpaired) electrons. The van der Waals surface area contributed by atoms with E-state index < -0.39 is 0 Å². The standard InChI is InChI=1S/C19H19BrN2O2/c1-9-6-10(20)2-5-15(9)21-8-22-18(23)16-11-3-4-12(14-7-13(11)14)17(16)19(22)24/h2-6,11-14,16-17,21H,7-8H2,1H3/t11-,12-,13-,14-,16-,17+/m1/s1. The summed E-state index contributed by atoms with van der Waals surface area (Å²) in [6.45, 7) is 2.28. The van der Waals surface area contributed by atoms with E-state index in [4.69, 9.17) is 0 Å². The Morgan fingerprint density at radius 3 is 2.33 bits per heavy atom. The Morgan fingerprint density at radius 1 is 1.12 bits per heavy atom. The Hall–Kier alpha value is -1.62. The lowest BCUT2D eigenvalue weighted by molar-refractivity contribution is -0.139. The number of halogens is 1. The predicted molar refractivity (Wildman–Crippen MR) is 93.9 cm³/mol. The van der Waals surface area contributed by atoms with Gasteiger partial charge in [0.05, 0.1) is 18.5 Å². The van der Waals surface area contributed by atoms with Gasteiger partial charge in [-0.2, -0.15) is 0 Å². The Labute approximate surface area is 149 Å². The van der Waals surface area contributed by atoms with E-state index in [-0.39, 0.29) is 30.3 Å². The molecule has 2 saturated carbocycles. The van der Waals surface area contributed by atoms with Crippen LogP contribution < -0.4 is 5.32 Å². The molecule has 0 unspecified atom stereocenters. The molecule has 1 aromatic rings. The van der Waals surface area contributed by atoms with Crippen LogP contribution in [-0.2, 0) is 9.59 Å². The average Bonchev–Trinajstić information content (AvgIpc) is 3.33. The lowest BCUT2D eigenvalue weighted by Gasteiger charge is -2.37. The summed E-state index contributed by atoms with van der Waals surface area (Å²) < 4.78 is 1.02. The average molecular weight is 387 g/mol. The van der Waals surface area contributed by atoms with E-state index in [1.807, 2.05) is 25.1 Å². The Balaban J connectivity index is 1.37. The van der Waals surface area contributed by atoms with Crippen LogP contribution in [0.3, 0.4) is 0 Å². The fourth-order valence-electron chi connectivity index (χ4n) is 5.16. The number of aryl methyl sites for hydroxylation is 1. The van der Waals surface area contributed by atoms with Crippen LogP contribution >= 0.6 is 15.9 Å². The molecule has 5 aliphatic rings. The Bertz CT molecular complexity index is 754. The third-order valence-electron chi connectivity index (χ3n) is 6.37. The first-order chi connectivity index (χ1) is 11.6. The van der Waals surface area contributed by atoms with E-state index in [9.17, 15) is 9.59 Å². The number of nitrogens with zero attached hydrogens (tertiary/aromatic N) is 1. The first-order valence-corrected chi connectivity index (χ1v) is 9.39. The fourth-order valence-corrected chi connectivity index (χ4v) is 5.64. The van der Waals surface area contributed by atoms with Crippen molar-refractivity contribution in [3.05, 3.63) is 40.4 Å². The van der Waals surface area contributed by atoms with Crippen LogP contribution in [0, 0.1) is 42.4 Å². The van der Waals surface area contributed by atoms with E-state index >= 15 is 0 Å². The molecule has 24 heavy (non-hydrogen) atoms. The van der Waals surface area contributed by atoms with Crippen LogP contribution in [0.4, 0.5) is 5.69 Å². The molecule has 4 nitrogen and oxygen atoms in total. The SMILES string of the molecule is Cc1cc(Br)ccc1NCN1C(=O)[C@@H]2[C@@H]3C=C[C@H]([C@H]4C[C@H]34)[C@@H]2C1=O. The molecule has 1 heterocycles. The quantitative estimate of drug-likeness (QED) is 0.640. The second kappa shape index (κ2) is 4.94. The molecule has 5 heteroatoms. The van der Waals surface area contributed by atoms with E-state index in [2.05, 4.69) is 33.4 Å². The molecule has 0 spiro atoms. The van der Waals surface area contributed by atoms with Gasteiger partial charge in [0, 0.05) is 10.2 Å². The van der Waals surface area contributed by atoms with Gasteiger partial charge in [0.1, 0.15) is 0 Å². The molecule has 3 fully saturated rings. The maximum Gasteiger partial charge on any atom is 0.235 e. The molecule has 0 aromatic heterocycles. The summed E-state index contributed by atoms with van der Waals surface area (Å²) in [6, 6.07) is 5.95. The number of allylic oxidation sites excluding steroid dienone is 2. The van der Waals surface area contributed by atoms with Crippen LogP contribution in [0.5, 0.6) is 0 Å². The molecule has 1 N–H and O–H groups in total. The van der Waals surface area contributed by atoms with E-state index in [0.717, 1.165) is 15.7 Å². The number of carbonyl (C=O) groups is 2. The lowest BCUT2D eigenvalue weighted by atomic mass is 9.63. The van der Waals surface area contributed by atoms with Crippen molar-refractivity contribution in [1.29, 1.82) is 0 Å². The molecule has 2 bridgehead atoms.